The highest BCUT2D eigenvalue weighted by molar-refractivity contribution is 7.17. The highest BCUT2D eigenvalue weighted by Gasteiger charge is 2.33. The lowest BCUT2D eigenvalue weighted by molar-refractivity contribution is -0.134. The first kappa shape index (κ1) is 35.4. The van der Waals surface area contributed by atoms with Crippen LogP contribution in [0, 0.1) is 11.6 Å². The SMILES string of the molecule is C=CC(=O)N1CCn2nc(-c3nc(-c4ccc5c(c4)CN(C)[C@H](C(=O)N(C)C)C5)c4sccc4c3-c3c(F)cc(F)cc3OC[C@@H](C)O)cc2[C@H]1C. The zero-order chi connectivity index (χ0) is 37.0. The molecule has 270 valence electrons. The lowest BCUT2D eigenvalue weighted by Gasteiger charge is -2.34. The topological polar surface area (TPSA) is 104 Å². The number of pyridine rings is 1. The van der Waals surface area contributed by atoms with Gasteiger partial charge in [0, 0.05) is 55.8 Å². The van der Waals surface area contributed by atoms with E-state index < -0.39 is 17.7 Å². The second-order valence-corrected chi connectivity index (χ2v) is 14.6. The molecule has 0 saturated carbocycles. The molecule has 0 unspecified atom stereocenters. The Kier molecular flexibility index (Phi) is 9.45. The summed E-state index contributed by atoms with van der Waals surface area (Å²) in [6, 6.07) is 11.2. The number of amides is 2. The van der Waals surface area contributed by atoms with Crippen LogP contribution in [-0.2, 0) is 29.1 Å². The Bertz CT molecular complexity index is 2230. The number of aliphatic hydroxyl groups excluding tert-OH is 1. The Balaban J connectivity index is 1.44. The zero-order valence-electron chi connectivity index (χ0n) is 29.7. The molecule has 2 aromatic carbocycles. The molecule has 0 fully saturated rings. The van der Waals surface area contributed by atoms with Gasteiger partial charge in [-0.3, -0.25) is 19.2 Å². The Morgan fingerprint density at radius 3 is 2.63 bits per heavy atom. The number of hydrogen-bond donors (Lipinski definition) is 1. The van der Waals surface area contributed by atoms with E-state index in [1.165, 1.54) is 24.3 Å². The number of hydrogen-bond acceptors (Lipinski definition) is 8. The van der Waals surface area contributed by atoms with E-state index in [9.17, 15) is 19.1 Å². The predicted octanol–water partition coefficient (Wildman–Crippen LogP) is 6.07. The minimum atomic E-state index is -0.887. The molecule has 0 aliphatic carbocycles. The molecule has 2 aliphatic rings. The summed E-state index contributed by atoms with van der Waals surface area (Å²) in [5.41, 5.74) is 5.64. The van der Waals surface area contributed by atoms with E-state index in [2.05, 4.69) is 17.5 Å². The number of ether oxygens (including phenoxy) is 1. The van der Waals surface area contributed by atoms with Crippen LogP contribution in [0.4, 0.5) is 8.78 Å². The van der Waals surface area contributed by atoms with Gasteiger partial charge >= 0.3 is 0 Å². The standard InChI is InChI=1S/C39H40F2N6O4S/c1-7-33(49)46-11-12-47-30(22(46)3)18-29(43-47)37-34(35-28(41)16-26(40)17-32(35)51-20-21(2)48)27-10-13-52-38(27)36(42-37)24-9-8-23-15-31(39(50)44(4)5)45(6)19-25(23)14-24/h7-10,13-14,16-18,21-22,31,48H,1,11-12,15,19-20H2,2-6H3/t21-,22-,31+/m1/s1. The van der Waals surface area contributed by atoms with Crippen molar-refractivity contribution >= 4 is 33.2 Å². The van der Waals surface area contributed by atoms with Gasteiger partial charge in [0.1, 0.15) is 35.4 Å². The van der Waals surface area contributed by atoms with Crippen LogP contribution < -0.4 is 4.74 Å². The average molecular weight is 727 g/mol. The monoisotopic (exact) mass is 726 g/mol. The number of nitrogens with zero attached hydrogens (tertiary/aromatic N) is 6. The number of thiophene rings is 1. The number of carbonyl (C=O) groups excluding carboxylic acids is 2. The van der Waals surface area contributed by atoms with E-state index >= 15 is 4.39 Å². The van der Waals surface area contributed by atoms with Gasteiger partial charge in [-0.2, -0.15) is 5.10 Å². The summed E-state index contributed by atoms with van der Waals surface area (Å²) in [7, 11) is 5.48. The fourth-order valence-corrected chi connectivity index (χ4v) is 8.17. The van der Waals surface area contributed by atoms with Crippen LogP contribution in [0.3, 0.4) is 0 Å². The smallest absolute Gasteiger partial charge is 0.246 e. The Morgan fingerprint density at radius 2 is 1.90 bits per heavy atom. The van der Waals surface area contributed by atoms with E-state index in [0.29, 0.717) is 54.1 Å². The van der Waals surface area contributed by atoms with E-state index in [1.54, 1.807) is 23.9 Å². The van der Waals surface area contributed by atoms with E-state index in [-0.39, 0.29) is 41.8 Å². The maximum absolute atomic E-state index is 16.2. The first-order valence-corrected chi connectivity index (χ1v) is 18.0. The lowest BCUT2D eigenvalue weighted by Crippen LogP contribution is -2.48. The Hall–Kier alpha value is -4.98. The second-order valence-electron chi connectivity index (χ2n) is 13.7. The van der Waals surface area contributed by atoms with Gasteiger partial charge in [-0.1, -0.05) is 18.7 Å². The first-order chi connectivity index (χ1) is 24.9. The number of likely N-dealkylation sites (N-methyl/N-ethyl adjacent to an activating group) is 2. The van der Waals surface area contributed by atoms with Crippen LogP contribution in [0.2, 0.25) is 0 Å². The molecule has 5 aromatic rings. The molecular weight excluding hydrogens is 687 g/mol. The summed E-state index contributed by atoms with van der Waals surface area (Å²) in [5.74, 6) is -1.87. The Morgan fingerprint density at radius 1 is 1.12 bits per heavy atom. The van der Waals surface area contributed by atoms with Crippen molar-refractivity contribution < 1.29 is 28.2 Å². The minimum absolute atomic E-state index is 0.00523. The molecular formula is C39H40F2N6O4S. The van der Waals surface area contributed by atoms with Crippen LogP contribution >= 0.6 is 11.3 Å². The van der Waals surface area contributed by atoms with Crippen molar-refractivity contribution in [1.82, 2.24) is 29.5 Å². The third kappa shape index (κ3) is 6.26. The van der Waals surface area contributed by atoms with Crippen molar-refractivity contribution in [2.75, 3.05) is 34.3 Å². The molecule has 52 heavy (non-hydrogen) atoms. The van der Waals surface area contributed by atoms with E-state index in [0.717, 1.165) is 39.2 Å². The third-order valence-electron chi connectivity index (χ3n) is 9.89. The molecule has 0 radical (unpaired) electrons. The van der Waals surface area contributed by atoms with Crippen molar-refractivity contribution in [3.63, 3.8) is 0 Å². The fraction of sp³-hybridized carbons (Fsp3) is 0.333. The van der Waals surface area contributed by atoms with Crippen LogP contribution in [0.5, 0.6) is 5.75 Å². The number of aromatic nitrogens is 3. The summed E-state index contributed by atoms with van der Waals surface area (Å²) in [5, 5.41) is 17.5. The van der Waals surface area contributed by atoms with Gasteiger partial charge in [0.05, 0.1) is 46.4 Å². The number of rotatable bonds is 8. The average Bonchev–Trinajstić information content (AvgIpc) is 3.78. The van der Waals surface area contributed by atoms with Crippen LogP contribution in [0.15, 0.2) is 60.5 Å². The van der Waals surface area contributed by atoms with Gasteiger partial charge in [0.2, 0.25) is 11.8 Å². The quantitative estimate of drug-likeness (QED) is 0.194. The predicted molar refractivity (Wildman–Crippen MR) is 197 cm³/mol. The van der Waals surface area contributed by atoms with Crippen molar-refractivity contribution in [3.8, 4) is 39.5 Å². The summed E-state index contributed by atoms with van der Waals surface area (Å²) in [6.07, 6.45) is 0.989. The summed E-state index contributed by atoms with van der Waals surface area (Å²) < 4.78 is 39.4. The number of carbonyl (C=O) groups is 2. The molecule has 7 rings (SSSR count). The summed E-state index contributed by atoms with van der Waals surface area (Å²) in [6.45, 7) is 8.36. The molecule has 13 heteroatoms. The van der Waals surface area contributed by atoms with Crippen LogP contribution in [-0.4, -0.2) is 92.8 Å². The molecule has 10 nitrogen and oxygen atoms in total. The van der Waals surface area contributed by atoms with Crippen molar-refractivity contribution in [3.05, 3.63) is 89.0 Å². The molecule has 3 aromatic heterocycles. The van der Waals surface area contributed by atoms with Crippen LogP contribution in [0.25, 0.3) is 43.9 Å². The molecule has 3 atom stereocenters. The third-order valence-corrected chi connectivity index (χ3v) is 10.8. The second kappa shape index (κ2) is 13.9. The molecule has 5 heterocycles. The molecule has 0 spiro atoms. The van der Waals surface area contributed by atoms with Gasteiger partial charge in [-0.25, -0.2) is 13.8 Å². The van der Waals surface area contributed by atoms with Gasteiger partial charge < -0.3 is 19.6 Å². The largest absolute Gasteiger partial charge is 0.490 e. The van der Waals surface area contributed by atoms with Gasteiger partial charge in [0.15, 0.2) is 0 Å². The summed E-state index contributed by atoms with van der Waals surface area (Å²) in [4.78, 5) is 36.3. The Labute approximate surface area is 304 Å². The van der Waals surface area contributed by atoms with Crippen molar-refractivity contribution in [2.45, 2.75) is 51.5 Å². The van der Waals surface area contributed by atoms with Gasteiger partial charge in [0.25, 0.3) is 0 Å². The van der Waals surface area contributed by atoms with Crippen molar-refractivity contribution in [2.24, 2.45) is 0 Å². The number of aliphatic hydroxyl groups is 1. The molecule has 2 aliphatic heterocycles. The molecule has 0 saturated heterocycles. The van der Waals surface area contributed by atoms with E-state index in [1.807, 2.05) is 48.3 Å². The molecule has 2 amide bonds. The normalized spacial score (nSPS) is 17.8. The van der Waals surface area contributed by atoms with Crippen LogP contribution in [0.1, 0.15) is 36.7 Å². The summed E-state index contributed by atoms with van der Waals surface area (Å²) >= 11 is 1.45. The molecule has 1 N–H and O–H groups in total. The first-order valence-electron chi connectivity index (χ1n) is 17.1. The van der Waals surface area contributed by atoms with Gasteiger partial charge in [-0.05, 0) is 68.1 Å². The lowest BCUT2D eigenvalue weighted by atomic mass is 9.90. The van der Waals surface area contributed by atoms with E-state index in [4.69, 9.17) is 14.8 Å². The number of benzene rings is 2. The highest BCUT2D eigenvalue weighted by atomic mass is 32.1. The minimum Gasteiger partial charge on any atom is -0.490 e. The highest BCUT2D eigenvalue weighted by Crippen LogP contribution is 2.47. The number of halogens is 2. The van der Waals surface area contributed by atoms with Crippen molar-refractivity contribution in [1.29, 1.82) is 0 Å². The maximum Gasteiger partial charge on any atom is 0.246 e. The zero-order valence-corrected chi connectivity index (χ0v) is 30.5. The fourth-order valence-electron chi connectivity index (χ4n) is 7.26. The molecule has 0 bridgehead atoms. The van der Waals surface area contributed by atoms with Gasteiger partial charge in [-0.15, -0.1) is 11.3 Å². The maximum atomic E-state index is 16.2. The number of fused-ring (bicyclic) bond motifs is 3.